The Morgan fingerprint density at radius 3 is 2.79 bits per heavy atom. The summed E-state index contributed by atoms with van der Waals surface area (Å²) in [6.45, 7) is 4.17. The first-order valence-electron chi connectivity index (χ1n) is 4.75. The molecule has 0 unspecified atom stereocenters. The van der Waals surface area contributed by atoms with Crippen LogP contribution in [0.15, 0.2) is 12.3 Å². The summed E-state index contributed by atoms with van der Waals surface area (Å²) in [5.41, 5.74) is 0.896. The van der Waals surface area contributed by atoms with E-state index in [0.29, 0.717) is 5.92 Å². The lowest BCUT2D eigenvalue weighted by molar-refractivity contribution is 0.783. The van der Waals surface area contributed by atoms with Gasteiger partial charge in [-0.05, 0) is 6.07 Å². The Morgan fingerprint density at radius 1 is 1.36 bits per heavy atom. The average Bonchev–Trinajstić information content (AvgIpc) is 2.63. The van der Waals surface area contributed by atoms with Crippen molar-refractivity contribution in [2.75, 3.05) is 12.4 Å². The van der Waals surface area contributed by atoms with Crippen molar-refractivity contribution in [3.05, 3.63) is 18.1 Å². The molecule has 0 aliphatic carbocycles. The summed E-state index contributed by atoms with van der Waals surface area (Å²) < 4.78 is 0. The van der Waals surface area contributed by atoms with Crippen LogP contribution in [0.5, 0.6) is 0 Å². The maximum Gasteiger partial charge on any atom is 0.143 e. The van der Waals surface area contributed by atoms with E-state index >= 15 is 0 Å². The fraction of sp³-hybridized carbons (Fsp3) is 0.400. The summed E-state index contributed by atoms with van der Waals surface area (Å²) in [7, 11) is 1.87. The Hall–Kier alpha value is -1.58. The van der Waals surface area contributed by atoms with Crippen molar-refractivity contribution in [3.8, 4) is 0 Å². The van der Waals surface area contributed by atoms with Crippen molar-refractivity contribution in [2.24, 2.45) is 0 Å². The first-order chi connectivity index (χ1) is 6.72. The van der Waals surface area contributed by atoms with Gasteiger partial charge in [0.2, 0.25) is 0 Å². The molecular weight excluding hydrogens is 176 g/mol. The summed E-state index contributed by atoms with van der Waals surface area (Å²) in [6, 6.07) is 1.98. The second-order valence-corrected chi connectivity index (χ2v) is 3.58. The number of hydrogen-bond donors (Lipinski definition) is 2. The third-order valence-corrected chi connectivity index (χ3v) is 2.19. The quantitative estimate of drug-likeness (QED) is 0.762. The van der Waals surface area contributed by atoms with Crippen LogP contribution in [0.3, 0.4) is 0 Å². The Kier molecular flexibility index (Phi) is 2.11. The summed E-state index contributed by atoms with van der Waals surface area (Å²) in [4.78, 5) is 12.0. The lowest BCUT2D eigenvalue weighted by atomic mass is 10.2. The molecule has 4 heteroatoms. The molecule has 0 saturated heterocycles. The van der Waals surface area contributed by atoms with Crippen molar-refractivity contribution in [1.29, 1.82) is 0 Å². The normalized spacial score (nSPS) is 11.1. The number of rotatable bonds is 2. The maximum absolute atomic E-state index is 4.45. The van der Waals surface area contributed by atoms with Gasteiger partial charge < -0.3 is 10.3 Å². The number of fused-ring (bicyclic) bond motifs is 1. The summed E-state index contributed by atoms with van der Waals surface area (Å²) >= 11 is 0. The molecule has 0 spiro atoms. The molecule has 0 amide bonds. The van der Waals surface area contributed by atoms with Gasteiger partial charge in [0, 0.05) is 19.2 Å². The zero-order valence-electron chi connectivity index (χ0n) is 8.63. The van der Waals surface area contributed by atoms with Gasteiger partial charge in [-0.3, -0.25) is 0 Å². The van der Waals surface area contributed by atoms with E-state index in [2.05, 4.69) is 34.1 Å². The van der Waals surface area contributed by atoms with Gasteiger partial charge in [-0.2, -0.15) is 0 Å². The van der Waals surface area contributed by atoms with Gasteiger partial charge in [-0.15, -0.1) is 0 Å². The second-order valence-electron chi connectivity index (χ2n) is 3.58. The molecule has 0 aromatic carbocycles. The highest BCUT2D eigenvalue weighted by molar-refractivity contribution is 5.86. The number of anilines is 1. The standard InChI is InChI=1S/C10H14N4/c1-6(2)8-13-9(11-3)7-4-5-12-10(7)14-8/h4-6H,1-3H3,(H2,11,12,13,14). The van der Waals surface area contributed by atoms with E-state index in [1.54, 1.807) is 0 Å². The van der Waals surface area contributed by atoms with Crippen LogP contribution < -0.4 is 5.32 Å². The molecule has 0 aliphatic rings. The van der Waals surface area contributed by atoms with Gasteiger partial charge >= 0.3 is 0 Å². The zero-order valence-corrected chi connectivity index (χ0v) is 8.63. The number of nitrogens with zero attached hydrogens (tertiary/aromatic N) is 2. The topological polar surface area (TPSA) is 53.6 Å². The van der Waals surface area contributed by atoms with Crippen molar-refractivity contribution in [2.45, 2.75) is 19.8 Å². The molecule has 2 aromatic rings. The highest BCUT2D eigenvalue weighted by Gasteiger charge is 2.09. The smallest absolute Gasteiger partial charge is 0.143 e. The van der Waals surface area contributed by atoms with E-state index in [4.69, 9.17) is 0 Å². The molecule has 0 aliphatic heterocycles. The molecule has 2 N–H and O–H groups in total. The van der Waals surface area contributed by atoms with Crippen molar-refractivity contribution < 1.29 is 0 Å². The van der Waals surface area contributed by atoms with Crippen LogP contribution in [0, 0.1) is 0 Å². The van der Waals surface area contributed by atoms with E-state index in [1.807, 2.05) is 19.3 Å². The SMILES string of the molecule is CNc1nc(C(C)C)nc2[nH]ccc12. The number of H-pyrrole nitrogens is 1. The highest BCUT2D eigenvalue weighted by Crippen LogP contribution is 2.21. The molecule has 2 heterocycles. The minimum absolute atomic E-state index is 0.342. The monoisotopic (exact) mass is 190 g/mol. The van der Waals surface area contributed by atoms with Crippen LogP contribution >= 0.6 is 0 Å². The van der Waals surface area contributed by atoms with Crippen LogP contribution in [-0.2, 0) is 0 Å². The van der Waals surface area contributed by atoms with Crippen LogP contribution in [0.25, 0.3) is 11.0 Å². The van der Waals surface area contributed by atoms with Crippen LogP contribution in [0.2, 0.25) is 0 Å². The lowest BCUT2D eigenvalue weighted by Gasteiger charge is -2.07. The Bertz CT molecular complexity index is 444. The van der Waals surface area contributed by atoms with E-state index in [9.17, 15) is 0 Å². The summed E-state index contributed by atoms with van der Waals surface area (Å²) in [5, 5.41) is 4.12. The number of hydrogen-bond acceptors (Lipinski definition) is 3. The predicted octanol–water partition coefficient (Wildman–Crippen LogP) is 2.12. The molecule has 14 heavy (non-hydrogen) atoms. The van der Waals surface area contributed by atoms with Gasteiger partial charge in [0.25, 0.3) is 0 Å². The molecule has 2 aromatic heterocycles. The first kappa shape index (κ1) is 8.99. The third kappa shape index (κ3) is 1.32. The number of aromatic amines is 1. The molecule has 0 bridgehead atoms. The summed E-state index contributed by atoms with van der Waals surface area (Å²) in [5.74, 6) is 2.10. The van der Waals surface area contributed by atoms with Gasteiger partial charge in [0.05, 0.1) is 5.39 Å². The Balaban J connectivity index is 2.67. The Labute approximate surface area is 82.8 Å². The van der Waals surface area contributed by atoms with Gasteiger partial charge in [0.15, 0.2) is 0 Å². The second kappa shape index (κ2) is 3.29. The van der Waals surface area contributed by atoms with E-state index in [-0.39, 0.29) is 0 Å². The molecule has 2 rings (SSSR count). The molecule has 0 fully saturated rings. The molecule has 0 saturated carbocycles. The molecule has 0 atom stereocenters. The van der Waals surface area contributed by atoms with Gasteiger partial charge in [-0.25, -0.2) is 9.97 Å². The average molecular weight is 190 g/mol. The highest BCUT2D eigenvalue weighted by atomic mass is 15.0. The molecule has 4 nitrogen and oxygen atoms in total. The molecular formula is C10H14N4. The van der Waals surface area contributed by atoms with E-state index in [0.717, 1.165) is 22.7 Å². The van der Waals surface area contributed by atoms with E-state index < -0.39 is 0 Å². The van der Waals surface area contributed by atoms with Crippen LogP contribution in [0.1, 0.15) is 25.6 Å². The van der Waals surface area contributed by atoms with Gasteiger partial charge in [-0.1, -0.05) is 13.8 Å². The maximum atomic E-state index is 4.45. The number of nitrogens with one attached hydrogen (secondary N) is 2. The third-order valence-electron chi connectivity index (χ3n) is 2.19. The van der Waals surface area contributed by atoms with Crippen molar-refractivity contribution >= 4 is 16.9 Å². The fourth-order valence-electron chi connectivity index (χ4n) is 1.41. The van der Waals surface area contributed by atoms with Crippen molar-refractivity contribution in [1.82, 2.24) is 15.0 Å². The van der Waals surface area contributed by atoms with Crippen LogP contribution in [0.4, 0.5) is 5.82 Å². The Morgan fingerprint density at radius 2 is 2.14 bits per heavy atom. The zero-order chi connectivity index (χ0) is 10.1. The number of aromatic nitrogens is 3. The molecule has 74 valence electrons. The van der Waals surface area contributed by atoms with Crippen molar-refractivity contribution in [3.63, 3.8) is 0 Å². The largest absolute Gasteiger partial charge is 0.372 e. The summed E-state index contributed by atoms with van der Waals surface area (Å²) in [6.07, 6.45) is 1.88. The van der Waals surface area contributed by atoms with E-state index in [1.165, 1.54) is 0 Å². The lowest BCUT2D eigenvalue weighted by Crippen LogP contribution is -2.02. The molecule has 0 radical (unpaired) electrons. The van der Waals surface area contributed by atoms with Gasteiger partial charge in [0.1, 0.15) is 17.3 Å². The fourth-order valence-corrected chi connectivity index (χ4v) is 1.41. The first-order valence-corrected chi connectivity index (χ1v) is 4.75. The predicted molar refractivity (Wildman–Crippen MR) is 57.5 cm³/mol. The van der Waals surface area contributed by atoms with Crippen LogP contribution in [-0.4, -0.2) is 22.0 Å². The minimum atomic E-state index is 0.342. The minimum Gasteiger partial charge on any atom is -0.372 e.